The van der Waals surface area contributed by atoms with Crippen molar-refractivity contribution in [2.45, 2.75) is 19.9 Å². The Morgan fingerprint density at radius 2 is 2.22 bits per heavy atom. The van der Waals surface area contributed by atoms with Gasteiger partial charge in [-0.1, -0.05) is 13.0 Å². The van der Waals surface area contributed by atoms with E-state index in [1.807, 2.05) is 6.92 Å². The number of fused-ring (bicyclic) bond motifs is 1. The Bertz CT molecular complexity index is 932. The van der Waals surface area contributed by atoms with Gasteiger partial charge in [0.05, 0.1) is 17.2 Å². The van der Waals surface area contributed by atoms with E-state index in [1.165, 1.54) is 27.9 Å². The summed E-state index contributed by atoms with van der Waals surface area (Å²) in [7, 11) is 0. The SMILES string of the molecule is CCc1ccc(NCc2cc(=O)n3ccsc3n2)cc1[N+](=O)[O-]. The minimum atomic E-state index is -0.383. The van der Waals surface area contributed by atoms with Crippen LogP contribution in [0.15, 0.2) is 40.6 Å². The second-order valence-electron chi connectivity index (χ2n) is 4.95. The lowest BCUT2D eigenvalue weighted by atomic mass is 10.1. The highest BCUT2D eigenvalue weighted by molar-refractivity contribution is 7.15. The van der Waals surface area contributed by atoms with Gasteiger partial charge in [-0.2, -0.15) is 0 Å². The molecule has 7 nitrogen and oxygen atoms in total. The number of anilines is 1. The van der Waals surface area contributed by atoms with Crippen LogP contribution in [-0.2, 0) is 13.0 Å². The van der Waals surface area contributed by atoms with Gasteiger partial charge in [0.1, 0.15) is 0 Å². The largest absolute Gasteiger partial charge is 0.379 e. The number of nitrogens with zero attached hydrogens (tertiary/aromatic N) is 3. The fourth-order valence-corrected chi connectivity index (χ4v) is 3.05. The van der Waals surface area contributed by atoms with Gasteiger partial charge in [0, 0.05) is 35.0 Å². The lowest BCUT2D eigenvalue weighted by Gasteiger charge is -2.07. The molecule has 3 rings (SSSR count). The van der Waals surface area contributed by atoms with Gasteiger partial charge in [0.25, 0.3) is 11.2 Å². The van der Waals surface area contributed by atoms with Gasteiger partial charge in [-0.15, -0.1) is 11.3 Å². The molecule has 3 aromatic rings. The Kier molecular flexibility index (Phi) is 4.07. The molecule has 0 saturated carbocycles. The van der Waals surface area contributed by atoms with Crippen molar-refractivity contribution < 1.29 is 4.92 Å². The maximum absolute atomic E-state index is 11.9. The Morgan fingerprint density at radius 1 is 1.39 bits per heavy atom. The monoisotopic (exact) mass is 330 g/mol. The van der Waals surface area contributed by atoms with Gasteiger partial charge >= 0.3 is 0 Å². The molecule has 0 atom stereocenters. The molecule has 2 aromatic heterocycles. The highest BCUT2D eigenvalue weighted by Crippen LogP contribution is 2.24. The van der Waals surface area contributed by atoms with Crippen molar-refractivity contribution in [3.8, 4) is 0 Å². The summed E-state index contributed by atoms with van der Waals surface area (Å²) >= 11 is 1.38. The van der Waals surface area contributed by atoms with Gasteiger partial charge in [0.2, 0.25) is 0 Å². The number of benzene rings is 1. The summed E-state index contributed by atoms with van der Waals surface area (Å²) in [5.74, 6) is 0. The molecule has 2 heterocycles. The third kappa shape index (κ3) is 3.07. The number of nitro groups is 1. The number of nitro benzene ring substituents is 1. The van der Waals surface area contributed by atoms with E-state index in [1.54, 1.807) is 23.7 Å². The molecule has 23 heavy (non-hydrogen) atoms. The standard InChI is InChI=1S/C15H14N4O3S/c1-2-10-3-4-11(7-13(10)19(21)22)16-9-12-8-14(20)18-5-6-23-15(18)17-12/h3-8,16H,2,9H2,1H3. The molecule has 0 bridgehead atoms. The minimum absolute atomic E-state index is 0.0965. The second kappa shape index (κ2) is 6.17. The van der Waals surface area contributed by atoms with E-state index >= 15 is 0 Å². The number of thiazole rings is 1. The van der Waals surface area contributed by atoms with Crippen LogP contribution in [0.25, 0.3) is 4.96 Å². The predicted octanol–water partition coefficient (Wildman–Crippen LogP) is 2.84. The summed E-state index contributed by atoms with van der Waals surface area (Å²) in [6, 6.07) is 6.50. The number of aromatic nitrogens is 2. The quantitative estimate of drug-likeness (QED) is 0.574. The molecule has 0 amide bonds. The molecular weight excluding hydrogens is 316 g/mol. The molecule has 0 spiro atoms. The number of rotatable bonds is 5. The van der Waals surface area contributed by atoms with Crippen LogP contribution in [0.4, 0.5) is 11.4 Å². The average molecular weight is 330 g/mol. The van der Waals surface area contributed by atoms with Crippen LogP contribution in [0.1, 0.15) is 18.2 Å². The van der Waals surface area contributed by atoms with Crippen LogP contribution in [-0.4, -0.2) is 14.3 Å². The average Bonchev–Trinajstić information content (AvgIpc) is 3.01. The van der Waals surface area contributed by atoms with Gasteiger partial charge in [-0.05, 0) is 12.5 Å². The van der Waals surface area contributed by atoms with Gasteiger partial charge < -0.3 is 5.32 Å². The topological polar surface area (TPSA) is 89.5 Å². The Hall–Kier alpha value is -2.74. The van der Waals surface area contributed by atoms with Crippen molar-refractivity contribution in [3.05, 3.63) is 67.6 Å². The molecule has 118 valence electrons. The normalized spacial score (nSPS) is 10.8. The van der Waals surface area contributed by atoms with Crippen LogP contribution in [0, 0.1) is 10.1 Å². The van der Waals surface area contributed by atoms with Crippen LogP contribution in [0.5, 0.6) is 0 Å². The Labute approximate surface area is 135 Å². The highest BCUT2D eigenvalue weighted by atomic mass is 32.1. The number of hydrogen-bond acceptors (Lipinski definition) is 6. The summed E-state index contributed by atoms with van der Waals surface area (Å²) in [5.41, 5.74) is 1.87. The number of nitrogens with one attached hydrogen (secondary N) is 1. The number of hydrogen-bond donors (Lipinski definition) is 1. The molecule has 8 heteroatoms. The van der Waals surface area contributed by atoms with Crippen molar-refractivity contribution in [2.75, 3.05) is 5.32 Å². The van der Waals surface area contributed by atoms with Crippen molar-refractivity contribution >= 4 is 27.7 Å². The fraction of sp³-hybridized carbons (Fsp3) is 0.200. The zero-order valence-corrected chi connectivity index (χ0v) is 13.2. The zero-order chi connectivity index (χ0) is 16.4. The van der Waals surface area contributed by atoms with Crippen molar-refractivity contribution in [1.82, 2.24) is 9.38 Å². The number of aryl methyl sites for hydroxylation is 1. The second-order valence-corrected chi connectivity index (χ2v) is 5.82. The molecule has 0 fully saturated rings. The first kappa shape index (κ1) is 15.2. The molecule has 0 unspecified atom stereocenters. The van der Waals surface area contributed by atoms with Gasteiger partial charge in [0.15, 0.2) is 4.96 Å². The summed E-state index contributed by atoms with van der Waals surface area (Å²) in [6.07, 6.45) is 2.28. The van der Waals surface area contributed by atoms with Crippen LogP contribution < -0.4 is 10.9 Å². The third-order valence-corrected chi connectivity index (χ3v) is 4.25. The molecule has 0 aliphatic rings. The van der Waals surface area contributed by atoms with E-state index in [4.69, 9.17) is 0 Å². The Balaban J connectivity index is 1.83. The van der Waals surface area contributed by atoms with Gasteiger partial charge in [-0.25, -0.2) is 4.98 Å². The van der Waals surface area contributed by atoms with Crippen molar-refractivity contribution in [2.24, 2.45) is 0 Å². The smallest absolute Gasteiger partial charge is 0.274 e. The molecular formula is C15H14N4O3S. The van der Waals surface area contributed by atoms with Gasteiger partial charge in [-0.3, -0.25) is 19.3 Å². The summed E-state index contributed by atoms with van der Waals surface area (Å²) < 4.78 is 1.48. The third-order valence-electron chi connectivity index (χ3n) is 3.49. The Morgan fingerprint density at radius 3 is 2.96 bits per heavy atom. The van der Waals surface area contributed by atoms with Crippen LogP contribution in [0.2, 0.25) is 0 Å². The first-order valence-electron chi connectivity index (χ1n) is 7.05. The first-order valence-corrected chi connectivity index (χ1v) is 7.93. The summed E-state index contributed by atoms with van der Waals surface area (Å²) in [4.78, 5) is 27.6. The molecule has 1 N–H and O–H groups in total. The molecule has 1 aromatic carbocycles. The zero-order valence-electron chi connectivity index (χ0n) is 12.4. The molecule has 0 aliphatic carbocycles. The lowest BCUT2D eigenvalue weighted by molar-refractivity contribution is -0.385. The van der Waals surface area contributed by atoms with E-state index in [2.05, 4.69) is 10.3 Å². The predicted molar refractivity (Wildman–Crippen MR) is 89.1 cm³/mol. The first-order chi connectivity index (χ1) is 11.1. The maximum atomic E-state index is 11.9. The van der Waals surface area contributed by atoms with Crippen LogP contribution >= 0.6 is 11.3 Å². The molecule has 0 radical (unpaired) electrons. The van der Waals surface area contributed by atoms with Crippen LogP contribution in [0.3, 0.4) is 0 Å². The molecule has 0 aliphatic heterocycles. The molecule has 0 saturated heterocycles. The lowest BCUT2D eigenvalue weighted by Crippen LogP contribution is -2.14. The van der Waals surface area contributed by atoms with E-state index < -0.39 is 0 Å². The minimum Gasteiger partial charge on any atom is -0.379 e. The van der Waals surface area contributed by atoms with Crippen molar-refractivity contribution in [3.63, 3.8) is 0 Å². The highest BCUT2D eigenvalue weighted by Gasteiger charge is 2.13. The fourth-order valence-electron chi connectivity index (χ4n) is 2.31. The van der Waals surface area contributed by atoms with E-state index in [0.717, 1.165) is 0 Å². The van der Waals surface area contributed by atoms with E-state index in [-0.39, 0.29) is 16.2 Å². The van der Waals surface area contributed by atoms with Crippen molar-refractivity contribution in [1.29, 1.82) is 0 Å². The summed E-state index contributed by atoms with van der Waals surface area (Å²) in [5, 5.41) is 16.0. The van der Waals surface area contributed by atoms with E-state index in [0.29, 0.717) is 34.9 Å². The van der Waals surface area contributed by atoms with E-state index in [9.17, 15) is 14.9 Å². The maximum Gasteiger partial charge on any atom is 0.274 e. The summed E-state index contributed by atoms with van der Waals surface area (Å²) in [6.45, 7) is 2.20.